The SMILES string of the molecule is COc1ccc(C)cc1N(CC(=O)NCC1COc2ccccc2O1)S(=O)(=O)c1ccc(C)cc1. The van der Waals surface area contributed by atoms with Crippen molar-refractivity contribution in [3.05, 3.63) is 77.9 Å². The number of fused-ring (bicyclic) bond motifs is 1. The van der Waals surface area contributed by atoms with Crippen LogP contribution in [-0.4, -0.2) is 47.2 Å². The van der Waals surface area contributed by atoms with E-state index in [1.165, 1.54) is 19.2 Å². The molecule has 8 nitrogen and oxygen atoms in total. The van der Waals surface area contributed by atoms with Gasteiger partial charge in [-0.3, -0.25) is 9.10 Å². The van der Waals surface area contributed by atoms with Crippen molar-refractivity contribution < 1.29 is 27.4 Å². The number of carbonyl (C=O) groups excluding carboxylic acids is 1. The molecule has 0 spiro atoms. The molecule has 9 heteroatoms. The quantitative estimate of drug-likeness (QED) is 0.513. The van der Waals surface area contributed by atoms with Crippen LogP contribution in [0, 0.1) is 13.8 Å². The average Bonchev–Trinajstić information content (AvgIpc) is 2.86. The van der Waals surface area contributed by atoms with Crippen LogP contribution in [0.2, 0.25) is 0 Å². The molecule has 0 bridgehead atoms. The van der Waals surface area contributed by atoms with Crippen LogP contribution in [0.4, 0.5) is 5.69 Å². The Labute approximate surface area is 205 Å². The third-order valence-corrected chi connectivity index (χ3v) is 7.37. The summed E-state index contributed by atoms with van der Waals surface area (Å²) in [6.45, 7) is 3.73. The van der Waals surface area contributed by atoms with Crippen LogP contribution in [0.15, 0.2) is 71.6 Å². The molecule has 3 aromatic rings. The average molecular weight is 497 g/mol. The molecule has 1 N–H and O–H groups in total. The Kier molecular flexibility index (Phi) is 7.16. The van der Waals surface area contributed by atoms with Gasteiger partial charge in [0.05, 0.1) is 24.2 Å². The van der Waals surface area contributed by atoms with Gasteiger partial charge in [-0.25, -0.2) is 8.42 Å². The number of aryl methyl sites for hydroxylation is 2. The first-order valence-corrected chi connectivity index (χ1v) is 12.6. The minimum Gasteiger partial charge on any atom is -0.495 e. The summed E-state index contributed by atoms with van der Waals surface area (Å²) in [4.78, 5) is 13.1. The maximum atomic E-state index is 13.6. The zero-order valence-electron chi connectivity index (χ0n) is 19.9. The summed E-state index contributed by atoms with van der Waals surface area (Å²) < 4.78 is 45.4. The Balaban J connectivity index is 1.56. The first-order chi connectivity index (χ1) is 16.8. The Hall–Kier alpha value is -3.72. The smallest absolute Gasteiger partial charge is 0.264 e. The highest BCUT2D eigenvalue weighted by atomic mass is 32.2. The monoisotopic (exact) mass is 496 g/mol. The number of sulfonamides is 1. The van der Waals surface area contributed by atoms with Crippen LogP contribution in [0.3, 0.4) is 0 Å². The molecule has 1 aliphatic heterocycles. The number of nitrogens with one attached hydrogen (secondary N) is 1. The zero-order chi connectivity index (χ0) is 25.0. The molecule has 0 fully saturated rings. The number of carbonyl (C=O) groups is 1. The Bertz CT molecular complexity index is 1310. The number of para-hydroxylation sites is 2. The molecular weight excluding hydrogens is 468 g/mol. The van der Waals surface area contributed by atoms with E-state index >= 15 is 0 Å². The lowest BCUT2D eigenvalue weighted by molar-refractivity contribution is -0.120. The number of hydrogen-bond acceptors (Lipinski definition) is 6. The van der Waals surface area contributed by atoms with Crippen LogP contribution >= 0.6 is 0 Å². The van der Waals surface area contributed by atoms with Crippen molar-refractivity contribution in [2.24, 2.45) is 0 Å². The Morgan fingerprint density at radius 1 is 1.03 bits per heavy atom. The molecule has 1 amide bonds. The highest BCUT2D eigenvalue weighted by molar-refractivity contribution is 7.92. The summed E-state index contributed by atoms with van der Waals surface area (Å²) in [6, 6.07) is 19.0. The predicted octanol–water partition coefficient (Wildman–Crippen LogP) is 3.46. The highest BCUT2D eigenvalue weighted by Gasteiger charge is 2.30. The molecule has 1 heterocycles. The lowest BCUT2D eigenvalue weighted by Crippen LogP contribution is -2.45. The molecule has 4 rings (SSSR count). The van der Waals surface area contributed by atoms with Crippen LogP contribution in [0.1, 0.15) is 11.1 Å². The Morgan fingerprint density at radius 3 is 2.43 bits per heavy atom. The molecule has 184 valence electrons. The third kappa shape index (κ3) is 5.51. The summed E-state index contributed by atoms with van der Waals surface area (Å²) in [7, 11) is -2.60. The topological polar surface area (TPSA) is 94.2 Å². The molecule has 0 radical (unpaired) electrons. The number of hydrogen-bond donors (Lipinski definition) is 1. The van der Waals surface area contributed by atoms with Gasteiger partial charge < -0.3 is 19.5 Å². The van der Waals surface area contributed by atoms with Crippen LogP contribution < -0.4 is 23.8 Å². The molecule has 0 saturated carbocycles. The number of rotatable bonds is 8. The van der Waals surface area contributed by atoms with Crippen molar-refractivity contribution in [2.45, 2.75) is 24.8 Å². The van der Waals surface area contributed by atoms with Gasteiger partial charge in [-0.05, 0) is 55.8 Å². The van der Waals surface area contributed by atoms with Crippen LogP contribution in [0.25, 0.3) is 0 Å². The molecular formula is C26H28N2O6S. The molecule has 1 aliphatic rings. The van der Waals surface area contributed by atoms with E-state index in [2.05, 4.69) is 5.32 Å². The fourth-order valence-corrected chi connectivity index (χ4v) is 5.13. The van der Waals surface area contributed by atoms with Crippen LogP contribution in [-0.2, 0) is 14.8 Å². The van der Waals surface area contributed by atoms with Gasteiger partial charge in [-0.15, -0.1) is 0 Å². The molecule has 1 atom stereocenters. The Morgan fingerprint density at radius 2 is 1.71 bits per heavy atom. The van der Waals surface area contributed by atoms with Crippen molar-refractivity contribution >= 4 is 21.6 Å². The van der Waals surface area contributed by atoms with E-state index in [0.717, 1.165) is 15.4 Å². The standard InChI is InChI=1S/C26H28N2O6S/c1-18-8-11-21(12-9-18)35(30,31)28(22-14-19(2)10-13-23(22)32-3)16-26(29)27-15-20-17-33-24-6-4-5-7-25(24)34-20/h4-14,20H,15-17H2,1-3H3,(H,27,29). The molecule has 0 aliphatic carbocycles. The van der Waals surface area contributed by atoms with E-state index in [0.29, 0.717) is 17.2 Å². The van der Waals surface area contributed by atoms with E-state index in [1.54, 1.807) is 30.3 Å². The summed E-state index contributed by atoms with van der Waals surface area (Å²) in [5.74, 6) is 1.12. The van der Waals surface area contributed by atoms with Crippen molar-refractivity contribution in [3.63, 3.8) is 0 Å². The largest absolute Gasteiger partial charge is 0.495 e. The van der Waals surface area contributed by atoms with E-state index in [1.807, 2.05) is 38.1 Å². The molecule has 1 unspecified atom stereocenters. The van der Waals surface area contributed by atoms with E-state index in [4.69, 9.17) is 14.2 Å². The number of anilines is 1. The highest BCUT2D eigenvalue weighted by Crippen LogP contribution is 2.34. The number of nitrogens with zero attached hydrogens (tertiary/aromatic N) is 1. The van der Waals surface area contributed by atoms with Crippen LogP contribution in [0.5, 0.6) is 17.2 Å². The second-order valence-electron chi connectivity index (χ2n) is 8.30. The van der Waals surface area contributed by atoms with Crippen molar-refractivity contribution in [3.8, 4) is 17.2 Å². The first-order valence-electron chi connectivity index (χ1n) is 11.2. The third-order valence-electron chi connectivity index (χ3n) is 5.59. The fraction of sp³-hybridized carbons (Fsp3) is 0.269. The number of amides is 1. The normalized spacial score (nSPS) is 14.8. The minimum atomic E-state index is -4.06. The summed E-state index contributed by atoms with van der Waals surface area (Å²) >= 11 is 0. The van der Waals surface area contributed by atoms with Crippen molar-refractivity contribution in [1.82, 2.24) is 5.32 Å². The maximum absolute atomic E-state index is 13.6. The molecule has 3 aromatic carbocycles. The van der Waals surface area contributed by atoms with Gasteiger partial charge in [0.15, 0.2) is 11.5 Å². The summed E-state index contributed by atoms with van der Waals surface area (Å²) in [5, 5.41) is 2.78. The van der Waals surface area contributed by atoms with Gasteiger partial charge in [-0.1, -0.05) is 35.9 Å². The van der Waals surface area contributed by atoms with E-state index < -0.39 is 28.6 Å². The van der Waals surface area contributed by atoms with Gasteiger partial charge in [-0.2, -0.15) is 0 Å². The zero-order valence-corrected chi connectivity index (χ0v) is 20.7. The second kappa shape index (κ2) is 10.3. The second-order valence-corrected chi connectivity index (χ2v) is 10.2. The van der Waals surface area contributed by atoms with Gasteiger partial charge >= 0.3 is 0 Å². The number of ether oxygens (including phenoxy) is 3. The lowest BCUT2D eigenvalue weighted by Gasteiger charge is -2.28. The molecule has 0 aromatic heterocycles. The van der Waals surface area contributed by atoms with Gasteiger partial charge in [0, 0.05) is 0 Å². The van der Waals surface area contributed by atoms with Crippen molar-refractivity contribution in [1.29, 1.82) is 0 Å². The van der Waals surface area contributed by atoms with Crippen molar-refractivity contribution in [2.75, 3.05) is 31.1 Å². The fourth-order valence-electron chi connectivity index (χ4n) is 3.71. The number of benzene rings is 3. The molecule has 0 saturated heterocycles. The van der Waals surface area contributed by atoms with E-state index in [9.17, 15) is 13.2 Å². The minimum absolute atomic E-state index is 0.0834. The van der Waals surface area contributed by atoms with Gasteiger partial charge in [0.1, 0.15) is 25.0 Å². The molecule has 35 heavy (non-hydrogen) atoms. The predicted molar refractivity (Wildman–Crippen MR) is 133 cm³/mol. The summed E-state index contributed by atoms with van der Waals surface area (Å²) in [5.41, 5.74) is 2.05. The first kappa shape index (κ1) is 24.4. The number of methoxy groups -OCH3 is 1. The maximum Gasteiger partial charge on any atom is 0.264 e. The lowest BCUT2D eigenvalue weighted by atomic mass is 10.2. The van der Waals surface area contributed by atoms with E-state index in [-0.39, 0.29) is 23.7 Å². The van der Waals surface area contributed by atoms with Gasteiger partial charge in [0.25, 0.3) is 10.0 Å². The van der Waals surface area contributed by atoms with Gasteiger partial charge in [0.2, 0.25) is 5.91 Å². The summed E-state index contributed by atoms with van der Waals surface area (Å²) in [6.07, 6.45) is -0.399.